The Labute approximate surface area is 116 Å². The third kappa shape index (κ3) is 3.56. The van der Waals surface area contributed by atoms with Crippen molar-refractivity contribution in [3.63, 3.8) is 0 Å². The molecule has 6 heteroatoms. The van der Waals surface area contributed by atoms with Gasteiger partial charge in [-0.2, -0.15) is 0 Å². The number of aromatic nitrogens is 2. The first-order valence-electron chi connectivity index (χ1n) is 6.12. The fourth-order valence-corrected chi connectivity index (χ4v) is 2.69. The van der Waals surface area contributed by atoms with Crippen LogP contribution in [0.15, 0.2) is 6.33 Å². The maximum atomic E-state index is 11.8. The molecule has 1 aromatic rings. The number of nitrogens with one attached hydrogen (secondary N) is 1. The summed E-state index contributed by atoms with van der Waals surface area (Å²) in [7, 11) is 0. The van der Waals surface area contributed by atoms with Gasteiger partial charge in [-0.25, -0.2) is 9.97 Å². The average Bonchev–Trinajstić information content (AvgIpc) is 2.84. The number of hydrogen-bond donors (Lipinski definition) is 1. The molecule has 1 amide bonds. The van der Waals surface area contributed by atoms with Crippen molar-refractivity contribution in [1.82, 2.24) is 9.97 Å². The number of amides is 1. The SMILES string of the molecule is O=C(CCC1CCCC1)Nc1c(Cl)ncnc1Cl. The molecule has 0 atom stereocenters. The Hall–Kier alpha value is -0.870. The van der Waals surface area contributed by atoms with E-state index in [-0.39, 0.29) is 16.2 Å². The summed E-state index contributed by atoms with van der Waals surface area (Å²) in [6, 6.07) is 0. The van der Waals surface area contributed by atoms with Crippen molar-refractivity contribution in [2.45, 2.75) is 38.5 Å². The Morgan fingerprint density at radius 2 is 1.89 bits per heavy atom. The average molecular weight is 288 g/mol. The quantitative estimate of drug-likeness (QED) is 0.859. The van der Waals surface area contributed by atoms with Crippen LogP contribution in [0.1, 0.15) is 38.5 Å². The van der Waals surface area contributed by atoms with Gasteiger partial charge in [-0.3, -0.25) is 4.79 Å². The third-order valence-electron chi connectivity index (χ3n) is 3.27. The second kappa shape index (κ2) is 6.34. The molecule has 98 valence electrons. The van der Waals surface area contributed by atoms with E-state index in [0.717, 1.165) is 6.42 Å². The van der Waals surface area contributed by atoms with Crippen molar-refractivity contribution < 1.29 is 4.79 Å². The van der Waals surface area contributed by atoms with Crippen molar-refractivity contribution in [2.24, 2.45) is 5.92 Å². The van der Waals surface area contributed by atoms with Crippen molar-refractivity contribution in [3.05, 3.63) is 16.6 Å². The van der Waals surface area contributed by atoms with Gasteiger partial charge in [-0.15, -0.1) is 0 Å². The van der Waals surface area contributed by atoms with Gasteiger partial charge >= 0.3 is 0 Å². The number of anilines is 1. The van der Waals surface area contributed by atoms with E-state index in [4.69, 9.17) is 23.2 Å². The van der Waals surface area contributed by atoms with Crippen molar-refractivity contribution in [1.29, 1.82) is 0 Å². The van der Waals surface area contributed by atoms with Gasteiger partial charge in [-0.05, 0) is 12.3 Å². The Kier molecular flexibility index (Phi) is 4.78. The van der Waals surface area contributed by atoms with Crippen LogP contribution in [0.3, 0.4) is 0 Å². The predicted octanol–water partition coefficient (Wildman–Crippen LogP) is 3.69. The summed E-state index contributed by atoms with van der Waals surface area (Å²) in [4.78, 5) is 19.4. The van der Waals surface area contributed by atoms with E-state index in [1.54, 1.807) is 0 Å². The maximum absolute atomic E-state index is 11.8. The lowest BCUT2D eigenvalue weighted by Gasteiger charge is -2.10. The summed E-state index contributed by atoms with van der Waals surface area (Å²) in [6.45, 7) is 0. The fraction of sp³-hybridized carbons (Fsp3) is 0.583. The van der Waals surface area contributed by atoms with E-state index < -0.39 is 0 Å². The first kappa shape index (κ1) is 13.6. The number of carbonyl (C=O) groups is 1. The largest absolute Gasteiger partial charge is 0.321 e. The summed E-state index contributed by atoms with van der Waals surface area (Å²) in [5, 5.41) is 3.02. The third-order valence-corrected chi connectivity index (χ3v) is 3.85. The molecular weight excluding hydrogens is 273 g/mol. The van der Waals surface area contributed by atoms with Gasteiger partial charge < -0.3 is 5.32 Å². The highest BCUT2D eigenvalue weighted by Gasteiger charge is 2.17. The Morgan fingerprint density at radius 1 is 1.28 bits per heavy atom. The lowest BCUT2D eigenvalue weighted by molar-refractivity contribution is -0.116. The lowest BCUT2D eigenvalue weighted by Crippen LogP contribution is -2.14. The van der Waals surface area contributed by atoms with Gasteiger partial charge in [0.15, 0.2) is 10.3 Å². The minimum Gasteiger partial charge on any atom is -0.321 e. The molecule has 1 saturated carbocycles. The fourth-order valence-electron chi connectivity index (χ4n) is 2.28. The first-order chi connectivity index (χ1) is 8.66. The van der Waals surface area contributed by atoms with Gasteiger partial charge in [0.2, 0.25) is 5.91 Å². The zero-order valence-electron chi connectivity index (χ0n) is 9.96. The minimum absolute atomic E-state index is 0.0829. The second-order valence-electron chi connectivity index (χ2n) is 4.57. The van der Waals surface area contributed by atoms with Gasteiger partial charge in [0.1, 0.15) is 12.0 Å². The Morgan fingerprint density at radius 3 is 2.50 bits per heavy atom. The highest BCUT2D eigenvalue weighted by Crippen LogP contribution is 2.29. The lowest BCUT2D eigenvalue weighted by atomic mass is 10.0. The molecule has 0 radical (unpaired) electrons. The molecule has 2 rings (SSSR count). The molecule has 1 aliphatic rings. The standard InChI is InChI=1S/C12H15Cl2N3O/c13-11-10(12(14)16-7-15-11)17-9(18)6-5-8-3-1-2-4-8/h7-8H,1-6H2,(H,17,18). The van der Waals surface area contributed by atoms with Crippen molar-refractivity contribution in [2.75, 3.05) is 5.32 Å². The predicted molar refractivity (Wildman–Crippen MR) is 71.9 cm³/mol. The zero-order chi connectivity index (χ0) is 13.0. The van der Waals surface area contributed by atoms with Crippen LogP contribution in [0.25, 0.3) is 0 Å². The van der Waals surface area contributed by atoms with Crippen LogP contribution >= 0.6 is 23.2 Å². The molecule has 1 aromatic heterocycles. The molecule has 1 fully saturated rings. The van der Waals surface area contributed by atoms with Gasteiger partial charge in [0.05, 0.1) is 0 Å². The van der Waals surface area contributed by atoms with Crippen LogP contribution in [-0.4, -0.2) is 15.9 Å². The molecule has 1 aliphatic carbocycles. The van der Waals surface area contributed by atoms with Gasteiger partial charge in [0.25, 0.3) is 0 Å². The number of carbonyl (C=O) groups excluding carboxylic acids is 1. The molecule has 1 heterocycles. The summed E-state index contributed by atoms with van der Waals surface area (Å²) < 4.78 is 0. The summed E-state index contributed by atoms with van der Waals surface area (Å²) in [5.41, 5.74) is 0.303. The van der Waals surface area contributed by atoms with E-state index in [1.807, 2.05) is 0 Å². The Bertz CT molecular complexity index is 413. The van der Waals surface area contributed by atoms with E-state index >= 15 is 0 Å². The highest BCUT2D eigenvalue weighted by atomic mass is 35.5. The molecule has 0 spiro atoms. The topological polar surface area (TPSA) is 54.9 Å². The maximum Gasteiger partial charge on any atom is 0.224 e. The van der Waals surface area contributed by atoms with E-state index in [2.05, 4.69) is 15.3 Å². The monoisotopic (exact) mass is 287 g/mol. The molecule has 1 N–H and O–H groups in total. The van der Waals surface area contributed by atoms with Crippen LogP contribution < -0.4 is 5.32 Å². The Balaban J connectivity index is 1.86. The number of nitrogens with zero attached hydrogens (tertiary/aromatic N) is 2. The van der Waals surface area contributed by atoms with E-state index in [0.29, 0.717) is 18.0 Å². The zero-order valence-corrected chi connectivity index (χ0v) is 11.5. The smallest absolute Gasteiger partial charge is 0.224 e. The molecule has 18 heavy (non-hydrogen) atoms. The second-order valence-corrected chi connectivity index (χ2v) is 5.28. The number of rotatable bonds is 4. The molecule has 4 nitrogen and oxygen atoms in total. The molecule has 0 bridgehead atoms. The van der Waals surface area contributed by atoms with Crippen LogP contribution in [0, 0.1) is 5.92 Å². The molecule has 0 unspecified atom stereocenters. The molecular formula is C12H15Cl2N3O. The molecule has 0 saturated heterocycles. The molecule has 0 aliphatic heterocycles. The minimum atomic E-state index is -0.0829. The van der Waals surface area contributed by atoms with Crippen molar-refractivity contribution in [3.8, 4) is 0 Å². The summed E-state index contributed by atoms with van der Waals surface area (Å²) in [5.74, 6) is 0.606. The van der Waals surface area contributed by atoms with Crippen LogP contribution in [0.2, 0.25) is 10.3 Å². The number of hydrogen-bond acceptors (Lipinski definition) is 3. The van der Waals surface area contributed by atoms with Gasteiger partial charge in [0, 0.05) is 6.42 Å². The van der Waals surface area contributed by atoms with Crippen LogP contribution in [0.5, 0.6) is 0 Å². The van der Waals surface area contributed by atoms with Crippen molar-refractivity contribution >= 4 is 34.8 Å². The normalized spacial score (nSPS) is 15.9. The van der Waals surface area contributed by atoms with Gasteiger partial charge in [-0.1, -0.05) is 48.9 Å². The highest BCUT2D eigenvalue weighted by molar-refractivity contribution is 6.38. The number of halogens is 2. The van der Waals surface area contributed by atoms with E-state index in [1.165, 1.54) is 32.0 Å². The van der Waals surface area contributed by atoms with E-state index in [9.17, 15) is 4.79 Å². The summed E-state index contributed by atoms with van der Waals surface area (Å²) >= 11 is 11.7. The van der Waals surface area contributed by atoms with Crippen LogP contribution in [0.4, 0.5) is 5.69 Å². The first-order valence-corrected chi connectivity index (χ1v) is 6.88. The summed E-state index contributed by atoms with van der Waals surface area (Å²) in [6.07, 6.45) is 7.74. The van der Waals surface area contributed by atoms with Crippen LogP contribution in [-0.2, 0) is 4.79 Å². The molecule has 0 aromatic carbocycles.